The molecular formula is C33H34F6N3O8+. The van der Waals surface area contributed by atoms with Crippen LogP contribution in [0.1, 0.15) is 32.7 Å². The van der Waals surface area contributed by atoms with Gasteiger partial charge in [-0.05, 0) is 53.1 Å². The van der Waals surface area contributed by atoms with Crippen molar-refractivity contribution in [2.45, 2.75) is 25.3 Å². The first-order chi connectivity index (χ1) is 23.3. The first kappa shape index (κ1) is 39.1. The number of nitrogens with zero attached hydrogens (tertiary/aromatic N) is 2. The Bertz CT molecular complexity index is 1670. The van der Waals surface area contributed by atoms with Crippen molar-refractivity contribution in [2.24, 2.45) is 0 Å². The molecule has 1 saturated heterocycles. The van der Waals surface area contributed by atoms with Crippen molar-refractivity contribution in [1.29, 1.82) is 0 Å². The second-order valence-electron chi connectivity index (χ2n) is 11.7. The maximum Gasteiger partial charge on any atom is 0.490 e. The third-order valence-electron chi connectivity index (χ3n) is 7.40. The molecule has 3 aromatic rings. The van der Waals surface area contributed by atoms with Crippen molar-refractivity contribution in [2.75, 3.05) is 47.1 Å². The van der Waals surface area contributed by atoms with Gasteiger partial charge >= 0.3 is 24.3 Å². The minimum Gasteiger partial charge on any atom is -0.475 e. The molecule has 0 aromatic heterocycles. The van der Waals surface area contributed by atoms with E-state index in [-0.39, 0.29) is 18.6 Å². The number of carbonyl (C=O) groups excluding carboxylic acids is 2. The summed E-state index contributed by atoms with van der Waals surface area (Å²) in [5.74, 6) is -4.36. The van der Waals surface area contributed by atoms with Crippen LogP contribution in [0.15, 0.2) is 66.7 Å². The number of halogens is 6. The standard InChI is InChI=1S/C29H31N3O4.2C2HF3O2/c1-32(2)14-5-12-31(13-15-32)29(34)25-9-4-8-23(17-25)22-7-3-6-21(16-22)19-30-28(33)24-10-11-26-27(18-24)36-20-35-26;2*3-2(4,5)1(6)7/h3-4,6-11,16-18H,5,12-15,19-20H2,1-2H3;2*(H,6,7)/p+1. The van der Waals surface area contributed by atoms with Gasteiger partial charge in [-0.3, -0.25) is 9.59 Å². The molecule has 0 aliphatic carbocycles. The van der Waals surface area contributed by atoms with E-state index in [4.69, 9.17) is 29.3 Å². The summed E-state index contributed by atoms with van der Waals surface area (Å²) in [5, 5.41) is 17.2. The number of aliphatic carboxylic acids is 2. The summed E-state index contributed by atoms with van der Waals surface area (Å²) in [6.45, 7) is 4.18. The minimum absolute atomic E-state index is 0.0888. The summed E-state index contributed by atoms with van der Waals surface area (Å²) in [6.07, 6.45) is -9.15. The summed E-state index contributed by atoms with van der Waals surface area (Å²) in [5.41, 5.74) is 4.20. The van der Waals surface area contributed by atoms with E-state index in [0.717, 1.165) is 53.8 Å². The molecule has 3 aromatic carbocycles. The fraction of sp³-hybridized carbons (Fsp3) is 0.333. The lowest BCUT2D eigenvalue weighted by Crippen LogP contribution is -2.43. The number of ether oxygens (including phenoxy) is 2. The number of hydrogen-bond acceptors (Lipinski definition) is 6. The predicted octanol–water partition coefficient (Wildman–Crippen LogP) is 5.20. The van der Waals surface area contributed by atoms with Crippen molar-refractivity contribution in [3.63, 3.8) is 0 Å². The maximum absolute atomic E-state index is 13.3. The van der Waals surface area contributed by atoms with E-state index in [9.17, 15) is 35.9 Å². The Balaban J connectivity index is 0.000000408. The van der Waals surface area contributed by atoms with Gasteiger partial charge in [0.15, 0.2) is 11.5 Å². The van der Waals surface area contributed by atoms with Gasteiger partial charge in [0.1, 0.15) is 0 Å². The molecule has 2 aliphatic heterocycles. The fourth-order valence-corrected chi connectivity index (χ4v) is 4.71. The second-order valence-corrected chi connectivity index (χ2v) is 11.7. The average Bonchev–Trinajstić information content (AvgIpc) is 3.45. The number of likely N-dealkylation sites (N-methyl/N-ethyl adjacent to an activating group) is 1. The molecule has 5 rings (SSSR count). The minimum atomic E-state index is -5.08. The van der Waals surface area contributed by atoms with Crippen LogP contribution >= 0.6 is 0 Å². The van der Waals surface area contributed by atoms with E-state index < -0.39 is 24.3 Å². The van der Waals surface area contributed by atoms with E-state index in [1.54, 1.807) is 18.2 Å². The summed E-state index contributed by atoms with van der Waals surface area (Å²) >= 11 is 0. The van der Waals surface area contributed by atoms with Crippen molar-refractivity contribution >= 4 is 23.8 Å². The SMILES string of the molecule is C[N+]1(C)CCCN(C(=O)c2cccc(-c3cccc(CNC(=O)c4ccc5c(c4)OCO5)c3)c2)CC1.O=C(O)C(F)(F)F.O=C(O)C(F)(F)F. The van der Waals surface area contributed by atoms with Gasteiger partial charge in [0.2, 0.25) is 6.79 Å². The van der Waals surface area contributed by atoms with E-state index >= 15 is 0 Å². The largest absolute Gasteiger partial charge is 0.490 e. The predicted molar refractivity (Wildman–Crippen MR) is 165 cm³/mol. The molecule has 0 saturated carbocycles. The number of carbonyl (C=O) groups is 4. The molecule has 0 radical (unpaired) electrons. The quantitative estimate of drug-likeness (QED) is 0.242. The van der Waals surface area contributed by atoms with Crippen molar-refractivity contribution < 1.29 is 69.7 Å². The van der Waals surface area contributed by atoms with Crippen molar-refractivity contribution in [3.05, 3.63) is 83.4 Å². The van der Waals surface area contributed by atoms with Crippen LogP contribution in [0.3, 0.4) is 0 Å². The number of rotatable bonds is 5. The first-order valence-electron chi connectivity index (χ1n) is 14.9. The molecular weight excluding hydrogens is 680 g/mol. The van der Waals surface area contributed by atoms with Crippen molar-refractivity contribution in [1.82, 2.24) is 10.2 Å². The van der Waals surface area contributed by atoms with Gasteiger partial charge in [-0.15, -0.1) is 0 Å². The smallest absolute Gasteiger partial charge is 0.475 e. The number of quaternary nitrogens is 1. The number of amides is 2. The van der Waals surface area contributed by atoms with Crippen LogP contribution < -0.4 is 14.8 Å². The lowest BCUT2D eigenvalue weighted by Gasteiger charge is -2.28. The zero-order valence-electron chi connectivity index (χ0n) is 26.8. The Morgan fingerprint density at radius 1 is 0.760 bits per heavy atom. The molecule has 0 spiro atoms. The van der Waals surface area contributed by atoms with Crippen LogP contribution in [-0.2, 0) is 16.1 Å². The van der Waals surface area contributed by atoms with Crippen LogP contribution in [-0.4, -0.2) is 103 Å². The van der Waals surface area contributed by atoms with Gasteiger partial charge < -0.3 is 34.4 Å². The Morgan fingerprint density at radius 2 is 1.34 bits per heavy atom. The Labute approximate surface area is 282 Å². The van der Waals surface area contributed by atoms with Gasteiger partial charge in [-0.1, -0.05) is 30.3 Å². The van der Waals surface area contributed by atoms with Gasteiger partial charge in [-0.25, -0.2) is 9.59 Å². The third-order valence-corrected chi connectivity index (χ3v) is 7.40. The van der Waals surface area contributed by atoms with Gasteiger partial charge in [-0.2, -0.15) is 26.3 Å². The topological polar surface area (TPSA) is 142 Å². The monoisotopic (exact) mass is 714 g/mol. The Hall–Kier alpha value is -5.32. The lowest BCUT2D eigenvalue weighted by atomic mass is 10.0. The van der Waals surface area contributed by atoms with E-state index in [1.807, 2.05) is 47.4 Å². The van der Waals surface area contributed by atoms with Gasteiger partial charge in [0, 0.05) is 30.6 Å². The number of fused-ring (bicyclic) bond motifs is 1. The molecule has 11 nitrogen and oxygen atoms in total. The summed E-state index contributed by atoms with van der Waals surface area (Å²) in [7, 11) is 4.44. The average molecular weight is 715 g/mol. The molecule has 0 atom stereocenters. The summed E-state index contributed by atoms with van der Waals surface area (Å²) < 4.78 is 75.1. The molecule has 2 aliphatic rings. The number of carboxylic acids is 2. The van der Waals surface area contributed by atoms with Crippen LogP contribution in [0, 0.1) is 0 Å². The van der Waals surface area contributed by atoms with Crippen molar-refractivity contribution in [3.8, 4) is 22.6 Å². The number of benzene rings is 3. The van der Waals surface area contributed by atoms with Crippen LogP contribution in [0.25, 0.3) is 11.1 Å². The van der Waals surface area contributed by atoms with Gasteiger partial charge in [0.25, 0.3) is 11.8 Å². The third kappa shape index (κ3) is 11.7. The van der Waals surface area contributed by atoms with E-state index in [1.165, 1.54) is 0 Å². The van der Waals surface area contributed by atoms with E-state index in [2.05, 4.69) is 25.5 Å². The highest BCUT2D eigenvalue weighted by Gasteiger charge is 2.39. The van der Waals surface area contributed by atoms with Gasteiger partial charge in [0.05, 0.1) is 33.7 Å². The van der Waals surface area contributed by atoms with Crippen LogP contribution in [0.4, 0.5) is 26.3 Å². The number of hydrogen-bond donors (Lipinski definition) is 3. The highest BCUT2D eigenvalue weighted by Crippen LogP contribution is 2.32. The zero-order valence-corrected chi connectivity index (χ0v) is 26.8. The molecule has 17 heteroatoms. The molecule has 0 bridgehead atoms. The zero-order chi connectivity index (χ0) is 37.3. The summed E-state index contributed by atoms with van der Waals surface area (Å²) in [4.78, 5) is 45.7. The molecule has 270 valence electrons. The number of alkyl halides is 6. The number of nitrogens with one attached hydrogen (secondary N) is 1. The normalized spacial score (nSPS) is 14.9. The molecule has 3 N–H and O–H groups in total. The highest BCUT2D eigenvalue weighted by molar-refractivity contribution is 5.96. The second kappa shape index (κ2) is 16.4. The molecule has 1 fully saturated rings. The summed E-state index contributed by atoms with van der Waals surface area (Å²) in [6, 6.07) is 21.0. The van der Waals surface area contributed by atoms with E-state index in [0.29, 0.717) is 29.2 Å². The Morgan fingerprint density at radius 3 is 1.96 bits per heavy atom. The first-order valence-corrected chi connectivity index (χ1v) is 14.9. The molecule has 2 heterocycles. The maximum atomic E-state index is 13.3. The van der Waals surface area contributed by atoms with Crippen LogP contribution in [0.2, 0.25) is 0 Å². The fourth-order valence-electron chi connectivity index (χ4n) is 4.71. The molecule has 50 heavy (non-hydrogen) atoms. The molecule has 2 amide bonds. The highest BCUT2D eigenvalue weighted by atomic mass is 19.4. The van der Waals surface area contributed by atoms with Crippen LogP contribution in [0.5, 0.6) is 11.5 Å². The molecule has 0 unspecified atom stereocenters. The number of carboxylic acid groups (broad SMARTS) is 2. The Kier molecular flexibility index (Phi) is 12.8. The lowest BCUT2D eigenvalue weighted by molar-refractivity contribution is -0.888.